The summed E-state index contributed by atoms with van der Waals surface area (Å²) in [6, 6.07) is 16.8. The zero-order valence-corrected chi connectivity index (χ0v) is 20.0. The fourth-order valence-corrected chi connectivity index (χ4v) is 4.89. The minimum absolute atomic E-state index is 0.00577. The fourth-order valence-electron chi connectivity index (χ4n) is 4.89. The van der Waals surface area contributed by atoms with E-state index in [9.17, 15) is 14.0 Å². The number of piperidine rings is 1. The first-order valence-electron chi connectivity index (χ1n) is 12.3. The number of likely N-dealkylation sites (tertiary alicyclic amines) is 1. The van der Waals surface area contributed by atoms with Crippen LogP contribution < -0.4 is 10.2 Å². The van der Waals surface area contributed by atoms with E-state index in [0.717, 1.165) is 44.6 Å². The molecule has 2 aromatic rings. The van der Waals surface area contributed by atoms with Gasteiger partial charge in [-0.15, -0.1) is 0 Å². The van der Waals surface area contributed by atoms with Crippen LogP contribution in [0.15, 0.2) is 54.6 Å². The Bertz CT molecular complexity index is 945. The number of hydrogen-bond acceptors (Lipinski definition) is 4. The fraction of sp³-hybridized carbons (Fsp3) is 0.481. The number of carbonyl (C=O) groups is 2. The number of para-hydroxylation sites is 1. The highest BCUT2D eigenvalue weighted by Crippen LogP contribution is 2.19. The Morgan fingerprint density at radius 2 is 1.71 bits per heavy atom. The number of amides is 2. The van der Waals surface area contributed by atoms with Crippen LogP contribution in [0.25, 0.3) is 0 Å². The third-order valence-electron chi connectivity index (χ3n) is 7.04. The predicted molar refractivity (Wildman–Crippen MR) is 132 cm³/mol. The lowest BCUT2D eigenvalue weighted by Crippen LogP contribution is -2.53. The zero-order valence-electron chi connectivity index (χ0n) is 20.0. The Hall–Kier alpha value is -2.93. The van der Waals surface area contributed by atoms with Crippen molar-refractivity contribution < 1.29 is 14.0 Å². The smallest absolute Gasteiger partial charge is 0.227 e. The molecule has 34 heavy (non-hydrogen) atoms. The summed E-state index contributed by atoms with van der Waals surface area (Å²) in [5, 5.41) is 3.13. The first-order valence-corrected chi connectivity index (χ1v) is 12.3. The molecule has 2 aliphatic rings. The van der Waals surface area contributed by atoms with E-state index in [0.29, 0.717) is 19.6 Å². The SMILES string of the molecule is CC(CNC(=O)C1CCCN(C(=O)Cc2ccc(F)cc2)C1)N1CCN(c2ccccc2)CC1. The van der Waals surface area contributed by atoms with Gasteiger partial charge in [-0.25, -0.2) is 4.39 Å². The highest BCUT2D eigenvalue weighted by atomic mass is 19.1. The van der Waals surface area contributed by atoms with Crippen LogP contribution in [0.5, 0.6) is 0 Å². The van der Waals surface area contributed by atoms with E-state index in [2.05, 4.69) is 46.3 Å². The Labute approximate surface area is 201 Å². The van der Waals surface area contributed by atoms with Gasteiger partial charge in [0, 0.05) is 57.5 Å². The largest absolute Gasteiger partial charge is 0.369 e. The van der Waals surface area contributed by atoms with Crippen molar-refractivity contribution >= 4 is 17.5 Å². The molecule has 2 aliphatic heterocycles. The number of benzene rings is 2. The Morgan fingerprint density at radius 3 is 2.41 bits per heavy atom. The van der Waals surface area contributed by atoms with Gasteiger partial charge in [0.1, 0.15) is 5.82 Å². The van der Waals surface area contributed by atoms with E-state index >= 15 is 0 Å². The van der Waals surface area contributed by atoms with Crippen LogP contribution in [0.4, 0.5) is 10.1 Å². The van der Waals surface area contributed by atoms with E-state index < -0.39 is 0 Å². The predicted octanol–water partition coefficient (Wildman–Crippen LogP) is 2.93. The maximum absolute atomic E-state index is 13.1. The van der Waals surface area contributed by atoms with Gasteiger partial charge in [0.2, 0.25) is 11.8 Å². The number of anilines is 1. The second-order valence-corrected chi connectivity index (χ2v) is 9.43. The average molecular weight is 467 g/mol. The summed E-state index contributed by atoms with van der Waals surface area (Å²) in [6.07, 6.45) is 1.86. The van der Waals surface area contributed by atoms with Crippen molar-refractivity contribution in [3.8, 4) is 0 Å². The van der Waals surface area contributed by atoms with Gasteiger partial charge < -0.3 is 15.1 Å². The summed E-state index contributed by atoms with van der Waals surface area (Å²) < 4.78 is 13.1. The van der Waals surface area contributed by atoms with E-state index in [1.54, 1.807) is 17.0 Å². The van der Waals surface area contributed by atoms with E-state index in [4.69, 9.17) is 0 Å². The highest BCUT2D eigenvalue weighted by molar-refractivity contribution is 5.82. The van der Waals surface area contributed by atoms with Crippen molar-refractivity contribution in [3.63, 3.8) is 0 Å². The molecule has 0 bridgehead atoms. The van der Waals surface area contributed by atoms with Gasteiger partial charge in [0.05, 0.1) is 12.3 Å². The highest BCUT2D eigenvalue weighted by Gasteiger charge is 2.29. The topological polar surface area (TPSA) is 55.9 Å². The number of hydrogen-bond donors (Lipinski definition) is 1. The molecule has 2 unspecified atom stereocenters. The van der Waals surface area contributed by atoms with Crippen molar-refractivity contribution in [1.82, 2.24) is 15.1 Å². The van der Waals surface area contributed by atoms with E-state index in [1.165, 1.54) is 17.8 Å². The molecular formula is C27H35FN4O2. The quantitative estimate of drug-likeness (QED) is 0.682. The maximum atomic E-state index is 13.1. The average Bonchev–Trinajstić information content (AvgIpc) is 2.89. The zero-order chi connectivity index (χ0) is 23.9. The molecule has 0 spiro atoms. The molecule has 2 fully saturated rings. The molecule has 0 aromatic heterocycles. The van der Waals surface area contributed by atoms with Crippen molar-refractivity contribution in [2.24, 2.45) is 5.92 Å². The molecule has 1 N–H and O–H groups in total. The number of piperazine rings is 1. The Morgan fingerprint density at radius 1 is 1.00 bits per heavy atom. The van der Waals surface area contributed by atoms with Crippen molar-refractivity contribution in [3.05, 3.63) is 66.0 Å². The summed E-state index contributed by atoms with van der Waals surface area (Å²) in [6.45, 7) is 7.82. The van der Waals surface area contributed by atoms with Crippen LogP contribution in [0, 0.1) is 11.7 Å². The van der Waals surface area contributed by atoms with Crippen LogP contribution >= 0.6 is 0 Å². The molecular weight excluding hydrogens is 431 g/mol. The lowest BCUT2D eigenvalue weighted by Gasteiger charge is -2.39. The molecule has 2 atom stereocenters. The Balaban J connectivity index is 1.20. The van der Waals surface area contributed by atoms with Gasteiger partial charge in [-0.05, 0) is 49.6 Å². The first-order chi connectivity index (χ1) is 16.5. The molecule has 6 nitrogen and oxygen atoms in total. The molecule has 2 amide bonds. The van der Waals surface area contributed by atoms with E-state index in [-0.39, 0.29) is 36.0 Å². The number of nitrogens with one attached hydrogen (secondary N) is 1. The van der Waals surface area contributed by atoms with E-state index in [1.807, 2.05) is 6.07 Å². The van der Waals surface area contributed by atoms with Crippen molar-refractivity contribution in [2.45, 2.75) is 32.2 Å². The van der Waals surface area contributed by atoms with Crippen LogP contribution in [0.1, 0.15) is 25.3 Å². The van der Waals surface area contributed by atoms with Crippen molar-refractivity contribution in [1.29, 1.82) is 0 Å². The van der Waals surface area contributed by atoms with Crippen LogP contribution in [0.3, 0.4) is 0 Å². The summed E-state index contributed by atoms with van der Waals surface area (Å²) in [5.74, 6) is -0.450. The number of rotatable bonds is 7. The summed E-state index contributed by atoms with van der Waals surface area (Å²) in [7, 11) is 0. The molecule has 2 aromatic carbocycles. The third kappa shape index (κ3) is 6.35. The number of carbonyl (C=O) groups excluding carboxylic acids is 2. The molecule has 7 heteroatoms. The molecule has 182 valence electrons. The second kappa shape index (κ2) is 11.5. The summed E-state index contributed by atoms with van der Waals surface area (Å²) in [4.78, 5) is 32.2. The van der Waals surface area contributed by atoms with Gasteiger partial charge in [-0.2, -0.15) is 0 Å². The standard InChI is InChI=1S/C27H35FN4O2/c1-21(30-14-16-31(17-15-30)25-7-3-2-4-8-25)19-29-27(34)23-6-5-13-32(20-23)26(33)18-22-9-11-24(28)12-10-22/h2-4,7-12,21,23H,5-6,13-20H2,1H3,(H,29,34). The Kier molecular flexibility index (Phi) is 8.16. The summed E-state index contributed by atoms with van der Waals surface area (Å²) >= 11 is 0. The van der Waals surface area contributed by atoms with Gasteiger partial charge in [0.25, 0.3) is 0 Å². The molecule has 0 saturated carbocycles. The normalized spacial score (nSPS) is 20.1. The second-order valence-electron chi connectivity index (χ2n) is 9.43. The first kappa shape index (κ1) is 24.2. The van der Waals surface area contributed by atoms with Gasteiger partial charge >= 0.3 is 0 Å². The van der Waals surface area contributed by atoms with Crippen LogP contribution in [-0.2, 0) is 16.0 Å². The lowest BCUT2D eigenvalue weighted by molar-refractivity contribution is -0.135. The summed E-state index contributed by atoms with van der Waals surface area (Å²) in [5.41, 5.74) is 2.05. The van der Waals surface area contributed by atoms with Crippen molar-refractivity contribution in [2.75, 3.05) is 50.7 Å². The minimum Gasteiger partial charge on any atom is -0.369 e. The monoisotopic (exact) mass is 466 g/mol. The van der Waals surface area contributed by atoms with Crippen LogP contribution in [-0.4, -0.2) is 73.5 Å². The van der Waals surface area contributed by atoms with Crippen LogP contribution in [0.2, 0.25) is 0 Å². The molecule has 0 radical (unpaired) electrons. The number of nitrogens with zero attached hydrogens (tertiary/aromatic N) is 3. The molecule has 2 heterocycles. The molecule has 0 aliphatic carbocycles. The minimum atomic E-state index is -0.307. The molecule has 2 saturated heterocycles. The van der Waals surface area contributed by atoms with Gasteiger partial charge in [-0.1, -0.05) is 30.3 Å². The number of halogens is 1. The van der Waals surface area contributed by atoms with Gasteiger partial charge in [0.15, 0.2) is 0 Å². The molecule has 4 rings (SSSR count). The third-order valence-corrected chi connectivity index (χ3v) is 7.04. The lowest BCUT2D eigenvalue weighted by atomic mass is 9.96. The maximum Gasteiger partial charge on any atom is 0.227 e. The van der Waals surface area contributed by atoms with Gasteiger partial charge in [-0.3, -0.25) is 14.5 Å².